The third-order valence-electron chi connectivity index (χ3n) is 8.13. The molecule has 0 amide bonds. The summed E-state index contributed by atoms with van der Waals surface area (Å²) in [6, 6.07) is 3.73. The summed E-state index contributed by atoms with van der Waals surface area (Å²) in [6.45, 7) is 6.89. The van der Waals surface area contributed by atoms with Gasteiger partial charge in [0.2, 0.25) is 0 Å². The highest BCUT2D eigenvalue weighted by molar-refractivity contribution is 5.87. The summed E-state index contributed by atoms with van der Waals surface area (Å²) in [5.41, 5.74) is 3.32. The number of rotatable bonds is 7. The predicted molar refractivity (Wildman–Crippen MR) is 168 cm³/mol. The molecule has 4 aromatic rings. The van der Waals surface area contributed by atoms with E-state index < -0.39 is 23.8 Å². The second kappa shape index (κ2) is 14.0. The fourth-order valence-electron chi connectivity index (χ4n) is 5.49. The Morgan fingerprint density at radius 3 is 1.54 bits per heavy atom. The number of carbonyl (C=O) groups is 2. The van der Waals surface area contributed by atoms with Crippen molar-refractivity contribution in [2.75, 3.05) is 42.6 Å². The number of pyridine rings is 2. The molecule has 256 valence electrons. The normalized spacial score (nSPS) is 17.0. The molecule has 12 nitrogen and oxygen atoms in total. The van der Waals surface area contributed by atoms with Gasteiger partial charge < -0.3 is 28.8 Å². The minimum absolute atomic E-state index is 0.0509. The van der Waals surface area contributed by atoms with E-state index >= 15 is 0 Å². The lowest BCUT2D eigenvalue weighted by molar-refractivity contribution is -0.0228. The largest absolute Gasteiger partial charge is 0.476 e. The second-order valence-electron chi connectivity index (χ2n) is 11.7. The van der Waals surface area contributed by atoms with Crippen LogP contribution in [-0.2, 0) is 4.74 Å². The zero-order chi connectivity index (χ0) is 34.6. The highest BCUT2D eigenvalue weighted by atomic mass is 19.3. The van der Waals surface area contributed by atoms with Crippen LogP contribution < -0.4 is 9.80 Å². The molecule has 4 aromatic heterocycles. The number of piperidine rings is 2. The molecular formula is C32H36F4N8O4. The first-order chi connectivity index (χ1) is 22.7. The fraction of sp³-hybridized carbons (Fsp3) is 0.438. The summed E-state index contributed by atoms with van der Waals surface area (Å²) >= 11 is 0. The molecule has 2 aliphatic rings. The Bertz CT molecular complexity index is 1760. The Labute approximate surface area is 274 Å². The number of alkyl halides is 4. The van der Waals surface area contributed by atoms with Crippen molar-refractivity contribution in [1.29, 1.82) is 0 Å². The van der Waals surface area contributed by atoms with Crippen molar-refractivity contribution < 1.29 is 37.0 Å². The van der Waals surface area contributed by atoms with Crippen molar-refractivity contribution in [3.05, 3.63) is 72.1 Å². The van der Waals surface area contributed by atoms with E-state index in [-0.39, 0.29) is 69.9 Å². The number of aromatic nitrogens is 6. The standard InChI is InChI=1S/C17H20F2N4O2.C15H16F2N4O2/c1-3-25-16(24)14-10-23(11-21-14)13-8-12(2)15(20-9-13)22-6-4-17(18,19)5-7-22;1-10-6-11(21-8-12(14(22)23)19-9-21)7-18-13(10)20-4-2-15(16,17)3-5-20/h8-11H,3-7H2,1-2H3;6-9H,2-5H2,1H3,(H,22,23). The number of carbonyl (C=O) groups excluding carboxylic acids is 1. The van der Waals surface area contributed by atoms with E-state index in [0.29, 0.717) is 17.3 Å². The van der Waals surface area contributed by atoms with Gasteiger partial charge in [0, 0.05) is 64.3 Å². The molecule has 0 radical (unpaired) electrons. The van der Waals surface area contributed by atoms with Gasteiger partial charge in [-0.05, 0) is 44.0 Å². The number of esters is 1. The monoisotopic (exact) mass is 672 g/mol. The van der Waals surface area contributed by atoms with Crippen LogP contribution >= 0.6 is 0 Å². The fourth-order valence-corrected chi connectivity index (χ4v) is 5.49. The van der Waals surface area contributed by atoms with Gasteiger partial charge in [-0.1, -0.05) is 0 Å². The van der Waals surface area contributed by atoms with Gasteiger partial charge in [0.25, 0.3) is 11.8 Å². The first-order valence-corrected chi connectivity index (χ1v) is 15.4. The van der Waals surface area contributed by atoms with Crippen LogP contribution in [0.15, 0.2) is 49.6 Å². The average Bonchev–Trinajstić information content (AvgIpc) is 3.74. The number of ether oxygens (including phenoxy) is 1. The predicted octanol–water partition coefficient (Wildman–Crippen LogP) is 5.50. The molecule has 16 heteroatoms. The molecule has 6 heterocycles. The number of aromatic carboxylic acids is 1. The lowest BCUT2D eigenvalue weighted by Gasteiger charge is -2.33. The summed E-state index contributed by atoms with van der Waals surface area (Å²) < 4.78 is 61.3. The minimum Gasteiger partial charge on any atom is -0.476 e. The van der Waals surface area contributed by atoms with Gasteiger partial charge in [-0.3, -0.25) is 0 Å². The van der Waals surface area contributed by atoms with Gasteiger partial charge in [-0.25, -0.2) is 47.1 Å². The molecule has 0 spiro atoms. The molecule has 2 fully saturated rings. The number of nitrogens with zero attached hydrogens (tertiary/aromatic N) is 8. The van der Waals surface area contributed by atoms with Gasteiger partial charge in [0.05, 0.1) is 30.4 Å². The van der Waals surface area contributed by atoms with Crippen molar-refractivity contribution in [3.63, 3.8) is 0 Å². The van der Waals surface area contributed by atoms with Crippen LogP contribution in [0, 0.1) is 13.8 Å². The van der Waals surface area contributed by atoms with Crippen LogP contribution in [0.2, 0.25) is 0 Å². The maximum absolute atomic E-state index is 13.3. The summed E-state index contributed by atoms with van der Waals surface area (Å²) in [6.07, 6.45) is 8.49. The number of carboxylic acid groups (broad SMARTS) is 1. The van der Waals surface area contributed by atoms with Crippen LogP contribution in [0.4, 0.5) is 29.2 Å². The van der Waals surface area contributed by atoms with Gasteiger partial charge in [-0.2, -0.15) is 0 Å². The number of hydrogen-bond donors (Lipinski definition) is 1. The van der Waals surface area contributed by atoms with Gasteiger partial charge >= 0.3 is 11.9 Å². The topological polar surface area (TPSA) is 132 Å². The first-order valence-electron chi connectivity index (χ1n) is 15.4. The summed E-state index contributed by atoms with van der Waals surface area (Å²) in [4.78, 5) is 42.9. The van der Waals surface area contributed by atoms with Crippen LogP contribution in [-0.4, -0.2) is 90.7 Å². The van der Waals surface area contributed by atoms with Gasteiger partial charge in [-0.15, -0.1) is 0 Å². The van der Waals surface area contributed by atoms with Crippen LogP contribution in [0.1, 0.15) is 64.7 Å². The van der Waals surface area contributed by atoms with Gasteiger partial charge in [0.15, 0.2) is 11.4 Å². The van der Waals surface area contributed by atoms with E-state index in [2.05, 4.69) is 19.9 Å². The number of hydrogen-bond acceptors (Lipinski definition) is 9. The van der Waals surface area contributed by atoms with Gasteiger partial charge in [0.1, 0.15) is 24.3 Å². The molecule has 0 saturated carbocycles. The lowest BCUT2D eigenvalue weighted by atomic mass is 10.1. The minimum atomic E-state index is -2.59. The molecule has 6 rings (SSSR count). The molecular weight excluding hydrogens is 636 g/mol. The summed E-state index contributed by atoms with van der Waals surface area (Å²) in [7, 11) is 0. The maximum atomic E-state index is 13.3. The van der Waals surface area contributed by atoms with Crippen LogP contribution in [0.5, 0.6) is 0 Å². The molecule has 0 aliphatic carbocycles. The van der Waals surface area contributed by atoms with E-state index in [1.165, 1.54) is 18.9 Å². The summed E-state index contributed by atoms with van der Waals surface area (Å²) in [5.74, 6) is -5.34. The van der Waals surface area contributed by atoms with Crippen molar-refractivity contribution in [1.82, 2.24) is 29.1 Å². The van der Waals surface area contributed by atoms with Crippen LogP contribution in [0.3, 0.4) is 0 Å². The quantitative estimate of drug-likeness (QED) is 0.198. The zero-order valence-electron chi connectivity index (χ0n) is 26.7. The van der Waals surface area contributed by atoms with Crippen molar-refractivity contribution in [2.24, 2.45) is 0 Å². The molecule has 48 heavy (non-hydrogen) atoms. The van der Waals surface area contributed by atoms with Crippen molar-refractivity contribution in [3.8, 4) is 11.4 Å². The molecule has 0 unspecified atom stereocenters. The Morgan fingerprint density at radius 2 is 1.17 bits per heavy atom. The van der Waals surface area contributed by atoms with E-state index in [9.17, 15) is 27.2 Å². The third kappa shape index (κ3) is 8.09. The lowest BCUT2D eigenvalue weighted by Crippen LogP contribution is -2.40. The molecule has 0 bridgehead atoms. The SMILES string of the molecule is CCOC(=O)c1cn(-c2cnc(N3CCC(F)(F)CC3)c(C)c2)cn1.Cc1cc(-n2cnc(C(=O)O)c2)cnc1N1CCC(F)(F)CC1. The first kappa shape index (κ1) is 34.3. The van der Waals surface area contributed by atoms with Crippen molar-refractivity contribution in [2.45, 2.75) is 58.3 Å². The molecule has 1 N–H and O–H groups in total. The molecule has 0 aromatic carbocycles. The highest BCUT2D eigenvalue weighted by Gasteiger charge is 2.35. The summed E-state index contributed by atoms with van der Waals surface area (Å²) in [5, 5.41) is 8.90. The average molecular weight is 673 g/mol. The van der Waals surface area contributed by atoms with Crippen molar-refractivity contribution >= 4 is 23.6 Å². The second-order valence-corrected chi connectivity index (χ2v) is 11.7. The number of anilines is 2. The molecule has 2 aliphatic heterocycles. The third-order valence-corrected chi connectivity index (χ3v) is 8.13. The molecule has 2 saturated heterocycles. The Morgan fingerprint density at radius 1 is 0.750 bits per heavy atom. The van der Waals surface area contributed by atoms with E-state index in [4.69, 9.17) is 9.84 Å². The van der Waals surface area contributed by atoms with E-state index in [1.54, 1.807) is 34.6 Å². The van der Waals surface area contributed by atoms with E-state index in [1.807, 2.05) is 35.8 Å². The number of imidazole rings is 2. The number of carboxylic acids is 1. The Balaban J connectivity index is 0.000000188. The Kier molecular flexibility index (Phi) is 10.0. The highest BCUT2D eigenvalue weighted by Crippen LogP contribution is 2.32. The maximum Gasteiger partial charge on any atom is 0.358 e. The Hall–Kier alpha value is -5.02. The smallest absolute Gasteiger partial charge is 0.358 e. The van der Waals surface area contributed by atoms with Crippen LogP contribution in [0.25, 0.3) is 11.4 Å². The molecule has 0 atom stereocenters. The number of aryl methyl sites for hydroxylation is 2. The number of halogens is 4. The van der Waals surface area contributed by atoms with E-state index in [0.717, 1.165) is 16.8 Å². The zero-order valence-corrected chi connectivity index (χ0v) is 26.7.